The van der Waals surface area contributed by atoms with Gasteiger partial charge in [-0.3, -0.25) is 4.72 Å². The summed E-state index contributed by atoms with van der Waals surface area (Å²) in [5.41, 5.74) is 6.16. The van der Waals surface area contributed by atoms with Crippen LogP contribution in [0.2, 0.25) is 0 Å². The first-order chi connectivity index (χ1) is 17.2. The average molecular weight is 539 g/mol. The van der Waals surface area contributed by atoms with Crippen molar-refractivity contribution < 1.29 is 12.6 Å². The maximum Gasteiger partial charge on any atom is 0.261 e. The van der Waals surface area contributed by atoms with Gasteiger partial charge in [0, 0.05) is 18.5 Å². The Bertz CT molecular complexity index is 1400. The highest BCUT2D eigenvalue weighted by Gasteiger charge is 2.17. The van der Waals surface area contributed by atoms with Crippen molar-refractivity contribution in [1.82, 2.24) is 4.72 Å². The van der Waals surface area contributed by atoms with Gasteiger partial charge in [0.15, 0.2) is 0 Å². The van der Waals surface area contributed by atoms with Gasteiger partial charge in [-0.05, 0) is 81.0 Å². The Kier molecular flexibility index (Phi) is 8.45. The second-order valence-corrected chi connectivity index (χ2v) is 15.5. The SMILES string of the molecule is Cc1ccc(P(C)S(=O)Nc2ccc(CC3=CC=C(NS(=O)(=O)c4ccc(C)cc4)CC3)cc2)cc1. The van der Waals surface area contributed by atoms with Crippen molar-refractivity contribution in [3.8, 4) is 0 Å². The van der Waals surface area contributed by atoms with Gasteiger partial charge in [0.1, 0.15) is 10.6 Å². The summed E-state index contributed by atoms with van der Waals surface area (Å²) in [7, 11) is -5.58. The lowest BCUT2D eigenvalue weighted by atomic mass is 9.96. The van der Waals surface area contributed by atoms with Gasteiger partial charge in [-0.1, -0.05) is 71.3 Å². The summed E-state index contributed by atoms with van der Waals surface area (Å²) >= 11 is 0. The van der Waals surface area contributed by atoms with E-state index in [-0.39, 0.29) is 4.90 Å². The van der Waals surface area contributed by atoms with Gasteiger partial charge in [-0.15, -0.1) is 0 Å². The standard InChI is InChI=1S/C28H31N2O3PS2/c1-21-4-16-27(17-5-21)34(3)35(31)29-25-12-8-23(9-13-25)20-24-10-14-26(15-11-24)30-36(32,33)28-18-6-22(2)7-19-28/h4-10,12-14,16-19,29-30H,11,15,20H2,1-3H3. The predicted molar refractivity (Wildman–Crippen MR) is 152 cm³/mol. The van der Waals surface area contributed by atoms with Crippen molar-refractivity contribution in [3.05, 3.63) is 113 Å². The van der Waals surface area contributed by atoms with Crippen LogP contribution in [0, 0.1) is 13.8 Å². The van der Waals surface area contributed by atoms with Crippen LogP contribution in [0.3, 0.4) is 0 Å². The van der Waals surface area contributed by atoms with E-state index >= 15 is 0 Å². The molecule has 0 fully saturated rings. The average Bonchev–Trinajstić information content (AvgIpc) is 2.86. The monoisotopic (exact) mass is 538 g/mol. The van der Waals surface area contributed by atoms with Gasteiger partial charge in [0.2, 0.25) is 0 Å². The molecule has 3 aromatic rings. The number of hydrogen-bond donors (Lipinski definition) is 2. The normalized spacial score (nSPS) is 15.4. The van der Waals surface area contributed by atoms with Crippen molar-refractivity contribution in [1.29, 1.82) is 0 Å². The Morgan fingerprint density at radius 2 is 1.44 bits per heavy atom. The maximum atomic E-state index is 12.8. The fourth-order valence-electron chi connectivity index (χ4n) is 3.83. The van der Waals surface area contributed by atoms with E-state index in [0.717, 1.165) is 35.0 Å². The first kappa shape index (κ1) is 26.3. The number of anilines is 1. The molecule has 2 atom stereocenters. The Labute approximate surface area is 217 Å². The minimum absolute atomic E-state index is 0.271. The molecule has 8 heteroatoms. The number of aryl methyl sites for hydroxylation is 2. The summed E-state index contributed by atoms with van der Waals surface area (Å²) in [6.45, 7) is 6.00. The summed E-state index contributed by atoms with van der Waals surface area (Å²) in [4.78, 5) is 0.271. The minimum atomic E-state index is -3.57. The van der Waals surface area contributed by atoms with Crippen LogP contribution in [0.4, 0.5) is 5.69 Å². The van der Waals surface area contributed by atoms with Crippen molar-refractivity contribution in [2.75, 3.05) is 11.4 Å². The summed E-state index contributed by atoms with van der Waals surface area (Å²) in [6, 6.07) is 23.1. The lowest BCUT2D eigenvalue weighted by molar-refractivity contribution is 0.586. The fraction of sp³-hybridized carbons (Fsp3) is 0.214. The molecule has 0 saturated heterocycles. The van der Waals surface area contributed by atoms with Gasteiger partial charge in [-0.25, -0.2) is 12.6 Å². The van der Waals surface area contributed by atoms with Crippen LogP contribution < -0.4 is 14.7 Å². The van der Waals surface area contributed by atoms with Crippen LogP contribution in [0.1, 0.15) is 29.5 Å². The second-order valence-electron chi connectivity index (χ2n) is 8.99. The molecule has 0 spiro atoms. The molecule has 3 aromatic carbocycles. The van der Waals surface area contributed by atoms with Gasteiger partial charge in [0.25, 0.3) is 10.0 Å². The van der Waals surface area contributed by atoms with E-state index in [1.165, 1.54) is 11.1 Å². The Morgan fingerprint density at radius 1 is 0.833 bits per heavy atom. The van der Waals surface area contributed by atoms with Gasteiger partial charge >= 0.3 is 0 Å². The summed E-state index contributed by atoms with van der Waals surface area (Å²) < 4.78 is 43.9. The van der Waals surface area contributed by atoms with E-state index in [1.807, 2.05) is 56.9 Å². The molecule has 0 bridgehead atoms. The van der Waals surface area contributed by atoms with E-state index in [9.17, 15) is 12.6 Å². The highest BCUT2D eigenvalue weighted by atomic mass is 32.7. The molecule has 1 aliphatic carbocycles. The molecule has 1 aliphatic rings. The molecule has 0 aromatic heterocycles. The lowest BCUT2D eigenvalue weighted by Gasteiger charge is -2.17. The van der Waals surface area contributed by atoms with Crippen LogP contribution in [0.25, 0.3) is 0 Å². The molecular weight excluding hydrogens is 507 g/mol. The van der Waals surface area contributed by atoms with E-state index in [1.54, 1.807) is 24.3 Å². The largest absolute Gasteiger partial charge is 0.302 e. The van der Waals surface area contributed by atoms with E-state index in [4.69, 9.17) is 0 Å². The van der Waals surface area contributed by atoms with Crippen molar-refractivity contribution in [3.63, 3.8) is 0 Å². The Morgan fingerprint density at radius 3 is 2.03 bits per heavy atom. The topological polar surface area (TPSA) is 75.3 Å². The zero-order valence-corrected chi connectivity index (χ0v) is 23.2. The predicted octanol–water partition coefficient (Wildman–Crippen LogP) is 5.86. The molecule has 36 heavy (non-hydrogen) atoms. The number of allylic oxidation sites excluding steroid dienone is 4. The van der Waals surface area contributed by atoms with Gasteiger partial charge < -0.3 is 4.72 Å². The third-order valence-electron chi connectivity index (χ3n) is 6.07. The van der Waals surface area contributed by atoms with E-state index in [2.05, 4.69) is 33.7 Å². The van der Waals surface area contributed by atoms with E-state index < -0.39 is 27.8 Å². The molecule has 5 nitrogen and oxygen atoms in total. The summed E-state index contributed by atoms with van der Waals surface area (Å²) in [5, 5.41) is 1.11. The highest BCUT2D eigenvalue weighted by Crippen LogP contribution is 2.35. The molecule has 0 amide bonds. The molecule has 0 aliphatic heterocycles. The maximum absolute atomic E-state index is 12.8. The van der Waals surface area contributed by atoms with Crippen LogP contribution >= 0.6 is 7.12 Å². The third kappa shape index (κ3) is 6.94. The van der Waals surface area contributed by atoms with E-state index in [0.29, 0.717) is 12.1 Å². The minimum Gasteiger partial charge on any atom is -0.302 e. The first-order valence-electron chi connectivity index (χ1n) is 11.8. The number of rotatable bonds is 9. The van der Waals surface area contributed by atoms with Crippen molar-refractivity contribution >= 4 is 38.7 Å². The van der Waals surface area contributed by atoms with Crippen LogP contribution in [0.15, 0.2) is 101 Å². The summed E-state index contributed by atoms with van der Waals surface area (Å²) in [5.74, 6) is 0. The highest BCUT2D eigenvalue weighted by molar-refractivity contribution is 8.49. The van der Waals surface area contributed by atoms with Gasteiger partial charge in [0.05, 0.1) is 4.90 Å². The molecule has 2 unspecified atom stereocenters. The lowest BCUT2D eigenvalue weighted by Crippen LogP contribution is -2.24. The van der Waals surface area contributed by atoms with Gasteiger partial charge in [-0.2, -0.15) is 0 Å². The molecular formula is C28H31N2O3PS2. The van der Waals surface area contributed by atoms with Crippen LogP contribution in [-0.2, 0) is 27.0 Å². The molecule has 2 N–H and O–H groups in total. The van der Waals surface area contributed by atoms with Crippen molar-refractivity contribution in [2.24, 2.45) is 0 Å². The Balaban J connectivity index is 1.33. The molecule has 0 heterocycles. The number of nitrogens with one attached hydrogen (secondary N) is 2. The third-order valence-corrected chi connectivity index (χ3v) is 11.8. The van der Waals surface area contributed by atoms with Crippen LogP contribution in [0.5, 0.6) is 0 Å². The molecule has 4 rings (SSSR count). The Hall–Kier alpha value is -2.73. The van der Waals surface area contributed by atoms with Crippen molar-refractivity contribution in [2.45, 2.75) is 38.0 Å². The number of sulfonamides is 1. The zero-order chi connectivity index (χ0) is 25.7. The molecule has 188 valence electrons. The second kappa shape index (κ2) is 11.5. The molecule has 0 saturated carbocycles. The quantitative estimate of drug-likeness (QED) is 0.335. The number of hydrogen-bond acceptors (Lipinski definition) is 3. The number of benzene rings is 3. The fourth-order valence-corrected chi connectivity index (χ4v) is 7.86. The molecule has 0 radical (unpaired) electrons. The zero-order valence-electron chi connectivity index (χ0n) is 20.7. The first-order valence-corrected chi connectivity index (χ1v) is 16.8. The van der Waals surface area contributed by atoms with Crippen LogP contribution in [-0.4, -0.2) is 19.3 Å². The smallest absolute Gasteiger partial charge is 0.261 e. The summed E-state index contributed by atoms with van der Waals surface area (Å²) in [6.07, 6.45) is 6.10.